The fraction of sp³-hybridized carbons (Fsp3) is 0.500. The van der Waals surface area contributed by atoms with E-state index in [9.17, 15) is 0 Å². The second kappa shape index (κ2) is 4.93. The molecule has 0 aliphatic rings. The van der Waals surface area contributed by atoms with Gasteiger partial charge in [0.1, 0.15) is 0 Å². The second-order valence-corrected chi connectivity index (χ2v) is 3.41. The number of aromatic nitrogens is 2. The van der Waals surface area contributed by atoms with Gasteiger partial charge in [-0.3, -0.25) is 16.0 Å². The number of hydrogen-bond acceptors (Lipinski definition) is 3. The second-order valence-electron chi connectivity index (χ2n) is 3.41. The van der Waals surface area contributed by atoms with Crippen LogP contribution in [0.25, 0.3) is 0 Å². The largest absolute Gasteiger partial charge is 0.271 e. The molecule has 0 bridgehead atoms. The highest BCUT2D eigenvalue weighted by Crippen LogP contribution is 2.19. The Morgan fingerprint density at radius 3 is 2.93 bits per heavy atom. The van der Waals surface area contributed by atoms with Crippen molar-refractivity contribution in [2.24, 2.45) is 12.9 Å². The summed E-state index contributed by atoms with van der Waals surface area (Å²) in [6.45, 7) is 6.07. The monoisotopic (exact) mass is 194 g/mol. The van der Waals surface area contributed by atoms with Crippen molar-refractivity contribution in [1.82, 2.24) is 15.2 Å². The summed E-state index contributed by atoms with van der Waals surface area (Å²) < 4.78 is 1.83. The molecule has 1 atom stereocenters. The van der Waals surface area contributed by atoms with Crippen LogP contribution in [-0.4, -0.2) is 9.78 Å². The maximum absolute atomic E-state index is 5.50. The third-order valence-electron chi connectivity index (χ3n) is 2.41. The van der Waals surface area contributed by atoms with Gasteiger partial charge in [-0.1, -0.05) is 19.1 Å². The topological polar surface area (TPSA) is 55.9 Å². The van der Waals surface area contributed by atoms with Crippen LogP contribution in [0.2, 0.25) is 0 Å². The molecule has 0 saturated carbocycles. The van der Waals surface area contributed by atoms with Gasteiger partial charge in [0.05, 0.1) is 11.7 Å². The molecule has 0 aliphatic carbocycles. The first-order valence-corrected chi connectivity index (χ1v) is 4.79. The van der Waals surface area contributed by atoms with Gasteiger partial charge in [0.15, 0.2) is 0 Å². The van der Waals surface area contributed by atoms with Crippen molar-refractivity contribution in [3.63, 3.8) is 0 Å². The zero-order valence-electron chi connectivity index (χ0n) is 8.83. The molecule has 14 heavy (non-hydrogen) atoms. The van der Waals surface area contributed by atoms with Crippen LogP contribution in [0.15, 0.2) is 24.4 Å². The molecule has 1 heterocycles. The van der Waals surface area contributed by atoms with Gasteiger partial charge in [-0.05, 0) is 18.9 Å². The summed E-state index contributed by atoms with van der Waals surface area (Å²) in [5, 5.41) is 4.11. The summed E-state index contributed by atoms with van der Waals surface area (Å²) in [7, 11) is 1.91. The molecule has 0 radical (unpaired) electrons. The van der Waals surface area contributed by atoms with Crippen molar-refractivity contribution in [3.8, 4) is 0 Å². The van der Waals surface area contributed by atoms with Gasteiger partial charge in [-0.2, -0.15) is 5.10 Å². The molecule has 3 N–H and O–H groups in total. The van der Waals surface area contributed by atoms with E-state index in [-0.39, 0.29) is 6.04 Å². The van der Waals surface area contributed by atoms with E-state index in [4.69, 9.17) is 5.84 Å². The Balaban J connectivity index is 2.72. The molecule has 4 heteroatoms. The van der Waals surface area contributed by atoms with E-state index in [1.54, 1.807) is 6.20 Å². The van der Waals surface area contributed by atoms with Gasteiger partial charge in [0.25, 0.3) is 0 Å². The van der Waals surface area contributed by atoms with E-state index in [1.807, 2.05) is 17.8 Å². The van der Waals surface area contributed by atoms with Crippen molar-refractivity contribution in [2.45, 2.75) is 25.8 Å². The fourth-order valence-electron chi connectivity index (χ4n) is 1.41. The molecule has 1 aromatic rings. The lowest BCUT2D eigenvalue weighted by atomic mass is 10.0. The molecule has 1 aromatic heterocycles. The van der Waals surface area contributed by atoms with Crippen molar-refractivity contribution in [1.29, 1.82) is 0 Å². The number of hydrogen-bond donors (Lipinski definition) is 2. The Kier molecular flexibility index (Phi) is 3.85. The minimum absolute atomic E-state index is 0.106. The number of nitrogens with two attached hydrogens (primary N) is 1. The summed E-state index contributed by atoms with van der Waals surface area (Å²) >= 11 is 0. The minimum Gasteiger partial charge on any atom is -0.271 e. The average Bonchev–Trinajstić information content (AvgIpc) is 2.60. The van der Waals surface area contributed by atoms with E-state index in [0.29, 0.717) is 0 Å². The third-order valence-corrected chi connectivity index (χ3v) is 2.41. The van der Waals surface area contributed by atoms with Crippen LogP contribution in [0.4, 0.5) is 0 Å². The first-order chi connectivity index (χ1) is 6.69. The minimum atomic E-state index is 0.106. The van der Waals surface area contributed by atoms with Crippen LogP contribution >= 0.6 is 0 Å². The van der Waals surface area contributed by atoms with E-state index in [0.717, 1.165) is 18.5 Å². The lowest BCUT2D eigenvalue weighted by Crippen LogP contribution is -2.29. The van der Waals surface area contributed by atoms with Crippen LogP contribution < -0.4 is 11.3 Å². The molecule has 1 rings (SSSR count). The average molecular weight is 194 g/mol. The van der Waals surface area contributed by atoms with Gasteiger partial charge < -0.3 is 0 Å². The molecule has 0 aliphatic heterocycles. The van der Waals surface area contributed by atoms with Crippen molar-refractivity contribution in [3.05, 3.63) is 30.1 Å². The highest BCUT2D eigenvalue weighted by Gasteiger charge is 2.13. The smallest absolute Gasteiger partial charge is 0.0665 e. The Morgan fingerprint density at radius 2 is 2.50 bits per heavy atom. The fourth-order valence-corrected chi connectivity index (χ4v) is 1.41. The Morgan fingerprint density at radius 1 is 1.79 bits per heavy atom. The Bertz CT molecular complexity index is 303. The highest BCUT2D eigenvalue weighted by atomic mass is 15.3. The number of nitrogens with zero attached hydrogens (tertiary/aromatic N) is 2. The number of nitrogens with one attached hydrogen (secondary N) is 1. The van der Waals surface area contributed by atoms with Gasteiger partial charge >= 0.3 is 0 Å². The number of aryl methyl sites for hydroxylation is 1. The maximum atomic E-state index is 5.50. The third kappa shape index (κ3) is 2.43. The van der Waals surface area contributed by atoms with Gasteiger partial charge in [0, 0.05) is 13.2 Å². The lowest BCUT2D eigenvalue weighted by molar-refractivity contribution is 0.503. The highest BCUT2D eigenvalue weighted by molar-refractivity contribution is 5.10. The number of hydrazine groups is 1. The Hall–Kier alpha value is -1.13. The zero-order chi connectivity index (χ0) is 10.6. The first kappa shape index (κ1) is 10.9. The molecule has 0 aromatic carbocycles. The summed E-state index contributed by atoms with van der Waals surface area (Å²) in [5.41, 5.74) is 5.06. The van der Waals surface area contributed by atoms with Gasteiger partial charge in [-0.15, -0.1) is 0 Å². The van der Waals surface area contributed by atoms with Crippen LogP contribution in [0.5, 0.6) is 0 Å². The molecular weight excluding hydrogens is 176 g/mol. The van der Waals surface area contributed by atoms with E-state index in [1.165, 1.54) is 5.57 Å². The predicted molar refractivity (Wildman–Crippen MR) is 57.3 cm³/mol. The molecular formula is C10H18N4. The van der Waals surface area contributed by atoms with Crippen LogP contribution in [0.1, 0.15) is 31.5 Å². The number of rotatable bonds is 5. The van der Waals surface area contributed by atoms with E-state index >= 15 is 0 Å². The van der Waals surface area contributed by atoms with Crippen molar-refractivity contribution >= 4 is 0 Å². The molecule has 0 amide bonds. The summed E-state index contributed by atoms with van der Waals surface area (Å²) in [5.74, 6) is 5.50. The Labute approximate surface area is 84.8 Å². The van der Waals surface area contributed by atoms with Crippen molar-refractivity contribution < 1.29 is 0 Å². The standard InChI is InChI=1S/C10H18N4/c1-4-8(2)7-9(13-11)10-5-6-12-14(10)3/h5-6,9,13H,2,4,7,11H2,1,3H3. The summed E-state index contributed by atoms with van der Waals surface area (Å²) in [6, 6.07) is 2.07. The zero-order valence-corrected chi connectivity index (χ0v) is 8.83. The molecule has 78 valence electrons. The normalized spacial score (nSPS) is 12.8. The van der Waals surface area contributed by atoms with Crippen LogP contribution in [0.3, 0.4) is 0 Å². The maximum Gasteiger partial charge on any atom is 0.0665 e. The SMILES string of the molecule is C=C(CC)CC(NN)c1ccnn1C. The first-order valence-electron chi connectivity index (χ1n) is 4.79. The molecule has 0 fully saturated rings. The van der Waals surface area contributed by atoms with E-state index in [2.05, 4.69) is 24.0 Å². The van der Waals surface area contributed by atoms with E-state index < -0.39 is 0 Å². The predicted octanol–water partition coefficient (Wildman–Crippen LogP) is 1.28. The molecule has 0 spiro atoms. The van der Waals surface area contributed by atoms with Crippen LogP contribution in [0, 0.1) is 0 Å². The van der Waals surface area contributed by atoms with Gasteiger partial charge in [-0.25, -0.2) is 0 Å². The molecule has 4 nitrogen and oxygen atoms in total. The van der Waals surface area contributed by atoms with Crippen LogP contribution in [-0.2, 0) is 7.05 Å². The summed E-state index contributed by atoms with van der Waals surface area (Å²) in [4.78, 5) is 0. The molecule has 0 saturated heterocycles. The molecule has 1 unspecified atom stereocenters. The quantitative estimate of drug-likeness (QED) is 0.422. The van der Waals surface area contributed by atoms with Gasteiger partial charge in [0.2, 0.25) is 0 Å². The van der Waals surface area contributed by atoms with Crippen molar-refractivity contribution in [2.75, 3.05) is 0 Å². The summed E-state index contributed by atoms with van der Waals surface area (Å²) in [6.07, 6.45) is 3.61. The lowest BCUT2D eigenvalue weighted by Gasteiger charge is -2.16.